The molecule has 1 saturated heterocycles. The fourth-order valence-electron chi connectivity index (χ4n) is 2.32. The standard InChI is InChI=1S/C15H16Cl2N2O2S/c1-7(2)21-14(20)11-8(3)18-15(22)19-13(11)12-9(16)5-4-6-10(12)17/h4-7,11,13H,3H2,1-2H3,(H2,18,19,22)/t11-,13-/m0/s1. The number of hydrogen-bond donors (Lipinski definition) is 2. The van der Waals surface area contributed by atoms with E-state index in [1.54, 1.807) is 32.0 Å². The largest absolute Gasteiger partial charge is 0.462 e. The molecule has 1 aliphatic heterocycles. The minimum atomic E-state index is -0.688. The average molecular weight is 359 g/mol. The molecule has 118 valence electrons. The molecular formula is C15H16Cl2N2O2S. The van der Waals surface area contributed by atoms with E-state index in [1.165, 1.54) is 0 Å². The predicted octanol–water partition coefficient (Wildman–Crippen LogP) is 3.59. The summed E-state index contributed by atoms with van der Waals surface area (Å²) in [5.41, 5.74) is 1.05. The summed E-state index contributed by atoms with van der Waals surface area (Å²) in [7, 11) is 0. The molecule has 0 bridgehead atoms. The van der Waals surface area contributed by atoms with Gasteiger partial charge in [0.15, 0.2) is 5.11 Å². The minimum Gasteiger partial charge on any atom is -0.462 e. The van der Waals surface area contributed by atoms with E-state index in [0.717, 1.165) is 0 Å². The molecule has 1 aliphatic rings. The molecule has 0 amide bonds. The van der Waals surface area contributed by atoms with Crippen molar-refractivity contribution in [2.75, 3.05) is 0 Å². The van der Waals surface area contributed by atoms with Gasteiger partial charge in [0.2, 0.25) is 0 Å². The molecule has 1 aromatic rings. The number of nitrogens with one attached hydrogen (secondary N) is 2. The van der Waals surface area contributed by atoms with Gasteiger partial charge in [0, 0.05) is 21.3 Å². The number of carbonyl (C=O) groups excluding carboxylic acids is 1. The number of hydrogen-bond acceptors (Lipinski definition) is 3. The Morgan fingerprint density at radius 1 is 1.36 bits per heavy atom. The molecule has 22 heavy (non-hydrogen) atoms. The van der Waals surface area contributed by atoms with Crippen LogP contribution in [0.2, 0.25) is 10.0 Å². The molecule has 0 unspecified atom stereocenters. The summed E-state index contributed by atoms with van der Waals surface area (Å²) < 4.78 is 5.32. The van der Waals surface area contributed by atoms with E-state index >= 15 is 0 Å². The van der Waals surface area contributed by atoms with Crippen LogP contribution in [0.4, 0.5) is 0 Å². The lowest BCUT2D eigenvalue weighted by Crippen LogP contribution is -2.51. The van der Waals surface area contributed by atoms with Crippen LogP contribution in [0, 0.1) is 5.92 Å². The number of carbonyl (C=O) groups is 1. The Kier molecular flexibility index (Phi) is 5.32. The Balaban J connectivity index is 2.45. The quantitative estimate of drug-likeness (QED) is 0.638. The van der Waals surface area contributed by atoms with Crippen molar-refractivity contribution in [1.82, 2.24) is 10.6 Å². The summed E-state index contributed by atoms with van der Waals surface area (Å²) in [6.45, 7) is 7.45. The number of rotatable bonds is 3. The van der Waals surface area contributed by atoms with Gasteiger partial charge in [-0.05, 0) is 38.2 Å². The summed E-state index contributed by atoms with van der Waals surface area (Å²) in [4.78, 5) is 12.4. The molecule has 7 heteroatoms. The Morgan fingerprint density at radius 2 is 1.95 bits per heavy atom. The Hall–Kier alpha value is -1.30. The zero-order valence-corrected chi connectivity index (χ0v) is 14.5. The lowest BCUT2D eigenvalue weighted by molar-refractivity contribution is -0.152. The number of ether oxygens (including phenoxy) is 1. The van der Waals surface area contributed by atoms with E-state index in [-0.39, 0.29) is 6.10 Å². The van der Waals surface area contributed by atoms with Crippen molar-refractivity contribution in [1.29, 1.82) is 0 Å². The summed E-state index contributed by atoms with van der Waals surface area (Å²) in [5.74, 6) is -1.10. The van der Waals surface area contributed by atoms with Crippen LogP contribution in [0.3, 0.4) is 0 Å². The van der Waals surface area contributed by atoms with Gasteiger partial charge in [0.1, 0.15) is 5.92 Å². The molecule has 2 atom stereocenters. The Morgan fingerprint density at radius 3 is 2.50 bits per heavy atom. The van der Waals surface area contributed by atoms with Gasteiger partial charge in [-0.1, -0.05) is 35.8 Å². The van der Waals surface area contributed by atoms with E-state index in [2.05, 4.69) is 17.2 Å². The maximum atomic E-state index is 12.4. The first-order valence-electron chi connectivity index (χ1n) is 6.72. The van der Waals surface area contributed by atoms with Crippen molar-refractivity contribution >= 4 is 46.5 Å². The molecular weight excluding hydrogens is 343 g/mol. The van der Waals surface area contributed by atoms with E-state index < -0.39 is 17.9 Å². The first kappa shape index (κ1) is 17.1. The topological polar surface area (TPSA) is 50.4 Å². The van der Waals surface area contributed by atoms with Gasteiger partial charge in [-0.2, -0.15) is 0 Å². The summed E-state index contributed by atoms with van der Waals surface area (Å²) in [6.07, 6.45) is -0.239. The fraction of sp³-hybridized carbons (Fsp3) is 0.333. The van der Waals surface area contributed by atoms with E-state index in [1.807, 2.05) is 0 Å². The average Bonchev–Trinajstić information content (AvgIpc) is 2.36. The van der Waals surface area contributed by atoms with Crippen molar-refractivity contribution in [3.8, 4) is 0 Å². The number of benzene rings is 1. The minimum absolute atomic E-state index is 0.239. The zero-order chi connectivity index (χ0) is 16.4. The van der Waals surface area contributed by atoms with Crippen molar-refractivity contribution < 1.29 is 9.53 Å². The highest BCUT2D eigenvalue weighted by molar-refractivity contribution is 7.80. The molecule has 0 radical (unpaired) electrons. The van der Waals surface area contributed by atoms with Gasteiger partial charge in [0.25, 0.3) is 0 Å². The first-order chi connectivity index (χ1) is 10.3. The monoisotopic (exact) mass is 358 g/mol. The second-order valence-electron chi connectivity index (χ2n) is 5.20. The van der Waals surface area contributed by atoms with Crippen LogP contribution in [-0.4, -0.2) is 17.2 Å². The van der Waals surface area contributed by atoms with Gasteiger partial charge in [-0.15, -0.1) is 0 Å². The summed E-state index contributed by atoms with van der Waals surface area (Å²) in [6, 6.07) is 4.63. The van der Waals surface area contributed by atoms with E-state index in [9.17, 15) is 4.79 Å². The van der Waals surface area contributed by atoms with Crippen LogP contribution in [0.5, 0.6) is 0 Å². The highest BCUT2D eigenvalue weighted by atomic mass is 35.5. The molecule has 1 fully saturated rings. The molecule has 0 saturated carbocycles. The lowest BCUT2D eigenvalue weighted by atomic mass is 9.89. The van der Waals surface area contributed by atoms with Gasteiger partial charge < -0.3 is 15.4 Å². The van der Waals surface area contributed by atoms with E-state index in [4.69, 9.17) is 40.2 Å². The lowest BCUT2D eigenvalue weighted by Gasteiger charge is -2.35. The normalized spacial score (nSPS) is 21.3. The molecule has 1 aromatic carbocycles. The third-order valence-electron chi connectivity index (χ3n) is 3.19. The number of thiocarbonyl (C=S) groups is 1. The van der Waals surface area contributed by atoms with Crippen molar-refractivity contribution in [2.45, 2.75) is 26.0 Å². The maximum Gasteiger partial charge on any atom is 0.317 e. The molecule has 2 N–H and O–H groups in total. The van der Waals surface area contributed by atoms with Crippen LogP contribution in [0.1, 0.15) is 25.5 Å². The van der Waals surface area contributed by atoms with Gasteiger partial charge in [0.05, 0.1) is 12.1 Å². The third kappa shape index (κ3) is 3.54. The molecule has 1 heterocycles. The zero-order valence-electron chi connectivity index (χ0n) is 12.2. The van der Waals surface area contributed by atoms with Gasteiger partial charge in [-0.3, -0.25) is 4.79 Å². The van der Waals surface area contributed by atoms with Crippen LogP contribution >= 0.6 is 35.4 Å². The number of halogens is 2. The SMILES string of the molecule is C=C1NC(=S)N[C@H](c2c(Cl)cccc2Cl)[C@H]1C(=O)OC(C)C. The Bertz CT molecular complexity index is 614. The van der Waals surface area contributed by atoms with Crippen LogP contribution in [-0.2, 0) is 9.53 Å². The van der Waals surface area contributed by atoms with Crippen molar-refractivity contribution in [3.63, 3.8) is 0 Å². The van der Waals surface area contributed by atoms with Crippen molar-refractivity contribution in [2.24, 2.45) is 5.92 Å². The highest BCUT2D eigenvalue weighted by Crippen LogP contribution is 2.38. The van der Waals surface area contributed by atoms with Crippen LogP contribution in [0.25, 0.3) is 0 Å². The van der Waals surface area contributed by atoms with Crippen LogP contribution < -0.4 is 10.6 Å². The number of esters is 1. The maximum absolute atomic E-state index is 12.4. The third-order valence-corrected chi connectivity index (χ3v) is 4.07. The van der Waals surface area contributed by atoms with Gasteiger partial charge in [-0.25, -0.2) is 0 Å². The molecule has 0 spiro atoms. The van der Waals surface area contributed by atoms with Gasteiger partial charge >= 0.3 is 5.97 Å². The Labute approximate surface area is 144 Å². The summed E-state index contributed by atoms with van der Waals surface area (Å²) >= 11 is 17.7. The molecule has 4 nitrogen and oxygen atoms in total. The molecule has 0 aliphatic carbocycles. The summed E-state index contributed by atoms with van der Waals surface area (Å²) in [5, 5.41) is 7.16. The van der Waals surface area contributed by atoms with E-state index in [0.29, 0.717) is 26.4 Å². The van der Waals surface area contributed by atoms with Crippen LogP contribution in [0.15, 0.2) is 30.5 Å². The first-order valence-corrected chi connectivity index (χ1v) is 7.88. The molecule has 0 aromatic heterocycles. The predicted molar refractivity (Wildman–Crippen MR) is 91.9 cm³/mol. The van der Waals surface area contributed by atoms with Crippen molar-refractivity contribution in [3.05, 3.63) is 46.1 Å². The smallest absolute Gasteiger partial charge is 0.317 e. The molecule has 2 rings (SSSR count). The second kappa shape index (κ2) is 6.86. The highest BCUT2D eigenvalue weighted by Gasteiger charge is 2.39. The fourth-order valence-corrected chi connectivity index (χ4v) is 3.21. The second-order valence-corrected chi connectivity index (χ2v) is 6.42.